The first-order chi connectivity index (χ1) is 15.2. The van der Waals surface area contributed by atoms with Crippen LogP contribution in [0.3, 0.4) is 0 Å². The Kier molecular flexibility index (Phi) is 6.22. The minimum absolute atomic E-state index is 0.0323. The van der Waals surface area contributed by atoms with Crippen molar-refractivity contribution in [1.82, 2.24) is 4.98 Å². The first-order valence-corrected chi connectivity index (χ1v) is 12.1. The molecule has 0 radical (unpaired) electrons. The fourth-order valence-electron chi connectivity index (χ4n) is 3.69. The van der Waals surface area contributed by atoms with Crippen LogP contribution in [0.15, 0.2) is 40.6 Å². The first-order valence-electron chi connectivity index (χ1n) is 9.68. The molecule has 3 aromatic rings. The lowest BCUT2D eigenvalue weighted by molar-refractivity contribution is 0.356. The SMILES string of the molecule is O=S(=O)(c1c(F)c(F)c(F)c(F)c1F)C1CCN(c2nc(Cc3ccccc3)cs2)CC1. The second kappa shape index (κ2) is 8.78. The zero-order valence-corrected chi connectivity index (χ0v) is 18.1. The summed E-state index contributed by atoms with van der Waals surface area (Å²) >= 11 is 1.40. The first kappa shape index (κ1) is 22.7. The van der Waals surface area contributed by atoms with Gasteiger partial charge in [-0.05, 0) is 18.4 Å². The predicted octanol–water partition coefficient (Wildman–Crippen LogP) is 4.87. The van der Waals surface area contributed by atoms with Crippen LogP contribution in [0, 0.1) is 29.1 Å². The molecule has 0 amide bonds. The van der Waals surface area contributed by atoms with E-state index in [1.54, 1.807) is 0 Å². The molecule has 0 saturated carbocycles. The third-order valence-electron chi connectivity index (χ3n) is 5.37. The molecule has 0 bridgehead atoms. The number of hydrogen-bond acceptors (Lipinski definition) is 5. The van der Waals surface area contributed by atoms with Crippen LogP contribution in [0.1, 0.15) is 24.1 Å². The largest absolute Gasteiger partial charge is 0.348 e. The Labute approximate surface area is 185 Å². The number of nitrogens with zero attached hydrogens (tertiary/aromatic N) is 2. The van der Waals surface area contributed by atoms with Gasteiger partial charge in [-0.1, -0.05) is 30.3 Å². The lowest BCUT2D eigenvalue weighted by Crippen LogP contribution is -2.40. The Morgan fingerprint density at radius 2 is 1.47 bits per heavy atom. The van der Waals surface area contributed by atoms with Crippen molar-refractivity contribution < 1.29 is 30.4 Å². The van der Waals surface area contributed by atoms with Gasteiger partial charge < -0.3 is 4.90 Å². The van der Waals surface area contributed by atoms with E-state index < -0.39 is 49.1 Å². The van der Waals surface area contributed by atoms with Crippen LogP contribution in [-0.4, -0.2) is 31.7 Å². The maximum absolute atomic E-state index is 14.1. The topological polar surface area (TPSA) is 50.3 Å². The fraction of sp³-hybridized carbons (Fsp3) is 0.286. The molecule has 0 spiro atoms. The van der Waals surface area contributed by atoms with Gasteiger partial charge in [0.1, 0.15) is 4.90 Å². The van der Waals surface area contributed by atoms with E-state index in [0.29, 0.717) is 11.6 Å². The second-order valence-electron chi connectivity index (χ2n) is 7.41. The van der Waals surface area contributed by atoms with Crippen molar-refractivity contribution in [3.05, 3.63) is 76.1 Å². The summed E-state index contributed by atoms with van der Waals surface area (Å²) in [5, 5.41) is 1.32. The molecule has 0 N–H and O–H groups in total. The number of anilines is 1. The molecule has 32 heavy (non-hydrogen) atoms. The van der Waals surface area contributed by atoms with Crippen molar-refractivity contribution in [2.75, 3.05) is 18.0 Å². The third-order valence-corrected chi connectivity index (χ3v) is 8.60. The van der Waals surface area contributed by atoms with Crippen LogP contribution in [0.5, 0.6) is 0 Å². The van der Waals surface area contributed by atoms with Gasteiger partial charge in [0.05, 0.1) is 10.9 Å². The minimum atomic E-state index is -4.77. The summed E-state index contributed by atoms with van der Waals surface area (Å²) in [6, 6.07) is 9.74. The lowest BCUT2D eigenvalue weighted by atomic mass is 10.1. The summed E-state index contributed by atoms with van der Waals surface area (Å²) < 4.78 is 93.8. The van der Waals surface area contributed by atoms with E-state index in [-0.39, 0.29) is 25.9 Å². The number of aromatic nitrogens is 1. The average Bonchev–Trinajstić information content (AvgIpc) is 3.25. The van der Waals surface area contributed by atoms with Gasteiger partial charge in [-0.2, -0.15) is 0 Å². The fourth-order valence-corrected chi connectivity index (χ4v) is 6.41. The molecule has 0 unspecified atom stereocenters. The smallest absolute Gasteiger partial charge is 0.200 e. The van der Waals surface area contributed by atoms with Crippen molar-refractivity contribution in [2.45, 2.75) is 29.4 Å². The Balaban J connectivity index is 1.49. The van der Waals surface area contributed by atoms with Crippen LogP contribution < -0.4 is 4.90 Å². The summed E-state index contributed by atoms with van der Waals surface area (Å²) in [5.41, 5.74) is 1.95. The molecular formula is C21H17F5N2O2S2. The molecule has 11 heteroatoms. The van der Waals surface area contributed by atoms with E-state index in [4.69, 9.17) is 0 Å². The van der Waals surface area contributed by atoms with Crippen LogP contribution >= 0.6 is 11.3 Å². The molecule has 4 nitrogen and oxygen atoms in total. The van der Waals surface area contributed by atoms with Gasteiger partial charge in [-0.3, -0.25) is 0 Å². The van der Waals surface area contributed by atoms with Crippen LogP contribution in [-0.2, 0) is 16.3 Å². The van der Waals surface area contributed by atoms with Gasteiger partial charge in [0.2, 0.25) is 5.82 Å². The Bertz CT molecular complexity index is 1210. The molecule has 1 aromatic heterocycles. The number of hydrogen-bond donors (Lipinski definition) is 0. The van der Waals surface area contributed by atoms with Crippen molar-refractivity contribution in [3.8, 4) is 0 Å². The average molecular weight is 489 g/mol. The Morgan fingerprint density at radius 3 is 2.06 bits per heavy atom. The van der Waals surface area contributed by atoms with E-state index in [9.17, 15) is 30.4 Å². The van der Waals surface area contributed by atoms with Gasteiger partial charge in [0.25, 0.3) is 0 Å². The number of thiazole rings is 1. The number of piperidine rings is 1. The van der Waals surface area contributed by atoms with E-state index in [2.05, 4.69) is 4.98 Å². The standard InChI is InChI=1S/C21H17F5N2O2S2/c22-15-16(23)18(25)20(19(26)17(15)24)32(29,30)14-6-8-28(9-7-14)21-27-13(11-31-21)10-12-4-2-1-3-5-12/h1-5,11,14H,6-10H2. The van der Waals surface area contributed by atoms with E-state index in [0.717, 1.165) is 11.3 Å². The minimum Gasteiger partial charge on any atom is -0.348 e. The van der Waals surface area contributed by atoms with Crippen molar-refractivity contribution in [3.63, 3.8) is 0 Å². The van der Waals surface area contributed by atoms with E-state index in [1.807, 2.05) is 40.6 Å². The van der Waals surface area contributed by atoms with Crippen molar-refractivity contribution in [1.29, 1.82) is 0 Å². The number of halogens is 5. The molecule has 2 heterocycles. The molecule has 170 valence electrons. The zero-order chi connectivity index (χ0) is 23.0. The van der Waals surface area contributed by atoms with Crippen molar-refractivity contribution in [2.24, 2.45) is 0 Å². The van der Waals surface area contributed by atoms with Crippen LogP contribution in [0.25, 0.3) is 0 Å². The highest BCUT2D eigenvalue weighted by Gasteiger charge is 2.39. The quantitative estimate of drug-likeness (QED) is 0.223. The highest BCUT2D eigenvalue weighted by molar-refractivity contribution is 7.92. The maximum Gasteiger partial charge on any atom is 0.200 e. The molecule has 1 saturated heterocycles. The molecule has 0 aliphatic carbocycles. The molecule has 1 fully saturated rings. The third kappa shape index (κ3) is 4.11. The van der Waals surface area contributed by atoms with Crippen molar-refractivity contribution >= 4 is 26.3 Å². The Morgan fingerprint density at radius 1 is 0.906 bits per heavy atom. The molecule has 1 aliphatic heterocycles. The van der Waals surface area contributed by atoms with Gasteiger partial charge in [-0.15, -0.1) is 11.3 Å². The monoisotopic (exact) mass is 488 g/mol. The summed E-state index contributed by atoms with van der Waals surface area (Å²) in [6.07, 6.45) is 0.577. The van der Waals surface area contributed by atoms with Gasteiger partial charge >= 0.3 is 0 Å². The molecular weight excluding hydrogens is 471 g/mol. The highest BCUT2D eigenvalue weighted by Crippen LogP contribution is 2.33. The molecule has 2 aromatic carbocycles. The van der Waals surface area contributed by atoms with Gasteiger partial charge in [0, 0.05) is 24.9 Å². The maximum atomic E-state index is 14.1. The number of benzene rings is 2. The molecule has 4 rings (SSSR count). The van der Waals surface area contributed by atoms with Gasteiger partial charge in [0.15, 0.2) is 38.2 Å². The van der Waals surface area contributed by atoms with Gasteiger partial charge in [-0.25, -0.2) is 35.4 Å². The molecule has 0 atom stereocenters. The summed E-state index contributed by atoms with van der Waals surface area (Å²) in [6.45, 7) is 0.440. The lowest BCUT2D eigenvalue weighted by Gasteiger charge is -2.31. The number of sulfone groups is 1. The van der Waals surface area contributed by atoms with E-state index in [1.165, 1.54) is 11.3 Å². The van der Waals surface area contributed by atoms with E-state index >= 15 is 0 Å². The highest BCUT2D eigenvalue weighted by atomic mass is 32.2. The zero-order valence-electron chi connectivity index (χ0n) is 16.5. The number of rotatable bonds is 5. The molecule has 1 aliphatic rings. The van der Waals surface area contributed by atoms with Crippen LogP contribution in [0.4, 0.5) is 27.1 Å². The summed E-state index contributed by atoms with van der Waals surface area (Å²) in [4.78, 5) is 4.66. The predicted molar refractivity (Wildman–Crippen MR) is 110 cm³/mol. The van der Waals surface area contributed by atoms with Crippen LogP contribution in [0.2, 0.25) is 0 Å². The summed E-state index contributed by atoms with van der Waals surface area (Å²) in [5.74, 6) is -11.6. The Hall–Kier alpha value is -2.53. The normalized spacial score (nSPS) is 15.3. The summed E-state index contributed by atoms with van der Waals surface area (Å²) in [7, 11) is -4.77. The second-order valence-corrected chi connectivity index (χ2v) is 10.4.